The van der Waals surface area contributed by atoms with Crippen LogP contribution in [0.3, 0.4) is 0 Å². The Morgan fingerprint density at radius 3 is 2.71 bits per heavy atom. The van der Waals surface area contributed by atoms with Gasteiger partial charge in [0.25, 0.3) is 0 Å². The molecule has 1 fully saturated rings. The highest BCUT2D eigenvalue weighted by atomic mass is 16.1. The molecule has 0 unspecified atom stereocenters. The summed E-state index contributed by atoms with van der Waals surface area (Å²) in [6.07, 6.45) is 2.88. The molecule has 2 aromatic carbocycles. The second-order valence-corrected chi connectivity index (χ2v) is 5.81. The molecule has 1 aliphatic heterocycles. The molecule has 0 aliphatic carbocycles. The van der Waals surface area contributed by atoms with Gasteiger partial charge >= 0.3 is 0 Å². The average molecular weight is 282 g/mol. The van der Waals surface area contributed by atoms with E-state index in [4.69, 9.17) is 0 Å². The van der Waals surface area contributed by atoms with Crippen molar-refractivity contribution in [2.45, 2.75) is 25.8 Å². The highest BCUT2D eigenvalue weighted by Gasteiger charge is 2.16. The van der Waals surface area contributed by atoms with Gasteiger partial charge in [-0.3, -0.25) is 4.79 Å². The molecule has 2 aromatic rings. The SMILES string of the molecule is O=C(CC1CCNCC1)NCc1cccc2ccccc12. The molecule has 2 N–H and O–H groups in total. The molecule has 0 aromatic heterocycles. The number of hydrogen-bond donors (Lipinski definition) is 2. The summed E-state index contributed by atoms with van der Waals surface area (Å²) in [4.78, 5) is 12.1. The highest BCUT2D eigenvalue weighted by molar-refractivity contribution is 5.86. The summed E-state index contributed by atoms with van der Waals surface area (Å²) in [5.41, 5.74) is 1.19. The molecule has 3 heteroatoms. The van der Waals surface area contributed by atoms with Crippen LogP contribution in [0.25, 0.3) is 10.8 Å². The maximum Gasteiger partial charge on any atom is 0.220 e. The number of benzene rings is 2. The van der Waals surface area contributed by atoms with Crippen molar-refractivity contribution in [2.24, 2.45) is 5.92 Å². The molecule has 3 rings (SSSR count). The monoisotopic (exact) mass is 282 g/mol. The van der Waals surface area contributed by atoms with E-state index in [1.165, 1.54) is 16.3 Å². The Morgan fingerprint density at radius 2 is 1.86 bits per heavy atom. The molecule has 0 saturated carbocycles. The second kappa shape index (κ2) is 6.72. The van der Waals surface area contributed by atoms with E-state index >= 15 is 0 Å². The minimum Gasteiger partial charge on any atom is -0.352 e. The van der Waals surface area contributed by atoms with Crippen LogP contribution in [0, 0.1) is 5.92 Å². The molecule has 1 saturated heterocycles. The van der Waals surface area contributed by atoms with Crippen LogP contribution in [0.2, 0.25) is 0 Å². The summed E-state index contributed by atoms with van der Waals surface area (Å²) in [6.45, 7) is 2.70. The van der Waals surface area contributed by atoms with Gasteiger partial charge in [0.05, 0.1) is 0 Å². The number of amides is 1. The van der Waals surface area contributed by atoms with E-state index in [2.05, 4.69) is 41.0 Å². The topological polar surface area (TPSA) is 41.1 Å². The molecule has 3 nitrogen and oxygen atoms in total. The zero-order valence-electron chi connectivity index (χ0n) is 12.3. The Morgan fingerprint density at radius 1 is 1.10 bits per heavy atom. The van der Waals surface area contributed by atoms with Crippen LogP contribution < -0.4 is 10.6 Å². The van der Waals surface area contributed by atoms with Crippen LogP contribution in [0.1, 0.15) is 24.8 Å². The smallest absolute Gasteiger partial charge is 0.220 e. The van der Waals surface area contributed by atoms with Crippen LogP contribution in [-0.4, -0.2) is 19.0 Å². The lowest BCUT2D eigenvalue weighted by Gasteiger charge is -2.22. The van der Waals surface area contributed by atoms with Crippen molar-refractivity contribution in [2.75, 3.05) is 13.1 Å². The third-order valence-corrected chi connectivity index (χ3v) is 4.29. The lowest BCUT2D eigenvalue weighted by molar-refractivity contribution is -0.122. The third-order valence-electron chi connectivity index (χ3n) is 4.29. The van der Waals surface area contributed by atoms with Gasteiger partial charge in [-0.1, -0.05) is 42.5 Å². The Balaban J connectivity index is 1.59. The first-order valence-corrected chi connectivity index (χ1v) is 7.77. The first-order chi connectivity index (χ1) is 10.3. The van der Waals surface area contributed by atoms with Gasteiger partial charge in [-0.05, 0) is 48.2 Å². The van der Waals surface area contributed by atoms with Crippen LogP contribution in [0.5, 0.6) is 0 Å². The largest absolute Gasteiger partial charge is 0.352 e. The number of piperidine rings is 1. The molecular weight excluding hydrogens is 260 g/mol. The Bertz CT molecular complexity index is 612. The van der Waals surface area contributed by atoms with E-state index in [1.807, 2.05) is 12.1 Å². The van der Waals surface area contributed by atoms with Crippen LogP contribution in [-0.2, 0) is 11.3 Å². The fourth-order valence-corrected chi connectivity index (χ4v) is 3.06. The zero-order valence-corrected chi connectivity index (χ0v) is 12.3. The molecule has 0 radical (unpaired) electrons. The number of rotatable bonds is 4. The molecule has 1 aliphatic rings. The molecule has 110 valence electrons. The molecular formula is C18H22N2O. The van der Waals surface area contributed by atoms with Crippen LogP contribution >= 0.6 is 0 Å². The van der Waals surface area contributed by atoms with Gasteiger partial charge in [0.1, 0.15) is 0 Å². The van der Waals surface area contributed by atoms with Gasteiger partial charge in [-0.2, -0.15) is 0 Å². The van der Waals surface area contributed by atoms with Crippen molar-refractivity contribution in [3.8, 4) is 0 Å². The van der Waals surface area contributed by atoms with Crippen molar-refractivity contribution >= 4 is 16.7 Å². The van der Waals surface area contributed by atoms with Crippen molar-refractivity contribution < 1.29 is 4.79 Å². The van der Waals surface area contributed by atoms with Gasteiger partial charge in [0.15, 0.2) is 0 Å². The van der Waals surface area contributed by atoms with Crippen molar-refractivity contribution in [1.29, 1.82) is 0 Å². The first-order valence-electron chi connectivity index (χ1n) is 7.77. The fourth-order valence-electron chi connectivity index (χ4n) is 3.06. The number of hydrogen-bond acceptors (Lipinski definition) is 2. The van der Waals surface area contributed by atoms with Crippen LogP contribution in [0.4, 0.5) is 0 Å². The maximum atomic E-state index is 12.1. The molecule has 0 atom stereocenters. The van der Waals surface area contributed by atoms with Gasteiger partial charge < -0.3 is 10.6 Å². The number of fused-ring (bicyclic) bond motifs is 1. The first kappa shape index (κ1) is 14.1. The number of nitrogens with one attached hydrogen (secondary N) is 2. The summed E-state index contributed by atoms with van der Waals surface area (Å²) in [5, 5.41) is 8.86. The van der Waals surface area contributed by atoms with Crippen molar-refractivity contribution in [3.05, 3.63) is 48.0 Å². The second-order valence-electron chi connectivity index (χ2n) is 5.81. The summed E-state index contributed by atoms with van der Waals surface area (Å²) in [6, 6.07) is 14.6. The van der Waals surface area contributed by atoms with Gasteiger partial charge in [0, 0.05) is 13.0 Å². The molecule has 21 heavy (non-hydrogen) atoms. The quantitative estimate of drug-likeness (QED) is 0.905. The maximum absolute atomic E-state index is 12.1. The molecule has 1 heterocycles. The van der Waals surface area contributed by atoms with Gasteiger partial charge in [-0.15, -0.1) is 0 Å². The van der Waals surface area contributed by atoms with E-state index in [9.17, 15) is 4.79 Å². The Hall–Kier alpha value is -1.87. The van der Waals surface area contributed by atoms with E-state index < -0.39 is 0 Å². The average Bonchev–Trinajstić information content (AvgIpc) is 2.54. The third kappa shape index (κ3) is 3.61. The van der Waals surface area contributed by atoms with Crippen molar-refractivity contribution in [1.82, 2.24) is 10.6 Å². The van der Waals surface area contributed by atoms with Gasteiger partial charge in [-0.25, -0.2) is 0 Å². The lowest BCUT2D eigenvalue weighted by atomic mass is 9.94. The van der Waals surface area contributed by atoms with E-state index in [0.717, 1.165) is 25.9 Å². The molecule has 0 spiro atoms. The molecule has 1 amide bonds. The number of carbonyl (C=O) groups is 1. The summed E-state index contributed by atoms with van der Waals surface area (Å²) in [7, 11) is 0. The van der Waals surface area contributed by atoms with E-state index in [0.29, 0.717) is 18.9 Å². The minimum absolute atomic E-state index is 0.176. The Kier molecular flexibility index (Phi) is 4.51. The number of carbonyl (C=O) groups excluding carboxylic acids is 1. The van der Waals surface area contributed by atoms with E-state index in [1.54, 1.807) is 0 Å². The highest BCUT2D eigenvalue weighted by Crippen LogP contribution is 2.19. The fraction of sp³-hybridized carbons (Fsp3) is 0.389. The zero-order chi connectivity index (χ0) is 14.5. The standard InChI is InChI=1S/C18H22N2O/c21-18(12-14-8-10-19-11-9-14)20-13-16-6-3-5-15-4-1-2-7-17(15)16/h1-7,14,19H,8-13H2,(H,20,21). The summed E-state index contributed by atoms with van der Waals surface area (Å²) >= 11 is 0. The predicted molar refractivity (Wildman–Crippen MR) is 86.0 cm³/mol. The Labute approximate surface area is 125 Å². The van der Waals surface area contributed by atoms with Crippen LogP contribution in [0.15, 0.2) is 42.5 Å². The predicted octanol–water partition coefficient (Wildman–Crippen LogP) is 2.85. The van der Waals surface area contributed by atoms with Crippen molar-refractivity contribution in [3.63, 3.8) is 0 Å². The van der Waals surface area contributed by atoms with E-state index in [-0.39, 0.29) is 5.91 Å². The lowest BCUT2D eigenvalue weighted by Crippen LogP contribution is -2.32. The normalized spacial score (nSPS) is 16.0. The summed E-state index contributed by atoms with van der Waals surface area (Å²) < 4.78 is 0. The summed E-state index contributed by atoms with van der Waals surface area (Å²) in [5.74, 6) is 0.716. The molecule has 0 bridgehead atoms. The van der Waals surface area contributed by atoms with Gasteiger partial charge in [0.2, 0.25) is 5.91 Å². The minimum atomic E-state index is 0.176.